The Kier molecular flexibility index (Phi) is 5.61. The second-order valence-corrected chi connectivity index (χ2v) is 9.96. The Morgan fingerprint density at radius 3 is 2.85 bits per heavy atom. The number of aromatic nitrogens is 4. The molecule has 1 saturated carbocycles. The molecule has 172 valence electrons. The van der Waals surface area contributed by atoms with Crippen LogP contribution in [0.4, 0.5) is 10.8 Å². The van der Waals surface area contributed by atoms with Crippen molar-refractivity contribution >= 4 is 43.5 Å². The Hall–Kier alpha value is -2.75. The van der Waals surface area contributed by atoms with Gasteiger partial charge in [0.1, 0.15) is 5.52 Å². The Morgan fingerprint density at radius 1 is 1.09 bits per heavy atom. The average molecular weight is 465 g/mol. The maximum atomic E-state index is 10.3. The number of morpholine rings is 1. The van der Waals surface area contributed by atoms with Gasteiger partial charge in [0.25, 0.3) is 0 Å². The minimum absolute atomic E-state index is 0.101. The van der Waals surface area contributed by atoms with Crippen LogP contribution in [0.25, 0.3) is 21.4 Å². The molecule has 2 fully saturated rings. The van der Waals surface area contributed by atoms with Gasteiger partial charge in [-0.15, -0.1) is 0 Å². The predicted octanol–water partition coefficient (Wildman–Crippen LogP) is 3.64. The fraction of sp³-hybridized carbons (Fsp3) is 0.458. The molecule has 4 heterocycles. The van der Waals surface area contributed by atoms with E-state index in [1.807, 2.05) is 12.5 Å². The molecule has 33 heavy (non-hydrogen) atoms. The smallest absolute Gasteiger partial charge is 0.184 e. The van der Waals surface area contributed by atoms with Crippen LogP contribution in [0, 0.1) is 0 Å². The van der Waals surface area contributed by atoms with Crippen molar-refractivity contribution in [2.75, 3.05) is 36.5 Å². The zero-order chi connectivity index (χ0) is 22.2. The Bertz CT molecular complexity index is 1260. The molecular formula is C24H28N6O2S. The number of nitrogens with one attached hydrogen (secondary N) is 1. The molecule has 0 amide bonds. The second kappa shape index (κ2) is 8.89. The minimum Gasteiger partial charge on any atom is -0.391 e. The molecule has 4 aromatic rings. The summed E-state index contributed by atoms with van der Waals surface area (Å²) in [5.74, 6) is 0. The molecule has 9 heteroatoms. The van der Waals surface area contributed by atoms with Crippen LogP contribution < -0.4 is 10.2 Å². The largest absolute Gasteiger partial charge is 0.391 e. The van der Waals surface area contributed by atoms with Crippen LogP contribution in [0.5, 0.6) is 0 Å². The molecule has 0 unspecified atom stereocenters. The average Bonchev–Trinajstić information content (AvgIpc) is 3.44. The van der Waals surface area contributed by atoms with E-state index >= 15 is 0 Å². The van der Waals surface area contributed by atoms with Crippen molar-refractivity contribution in [3.63, 3.8) is 0 Å². The van der Waals surface area contributed by atoms with E-state index in [0.717, 1.165) is 84.2 Å². The number of imidazole rings is 1. The van der Waals surface area contributed by atoms with Crippen LogP contribution in [0.3, 0.4) is 0 Å². The molecular weight excluding hydrogens is 436 g/mol. The topological polar surface area (TPSA) is 88.3 Å². The maximum absolute atomic E-state index is 10.3. The number of hydrogen-bond donors (Lipinski definition) is 2. The summed E-state index contributed by atoms with van der Waals surface area (Å²) in [5, 5.41) is 14.6. The molecule has 1 aliphatic carbocycles. The highest BCUT2D eigenvalue weighted by molar-refractivity contribution is 7.22. The minimum atomic E-state index is -0.285. The van der Waals surface area contributed by atoms with Crippen molar-refractivity contribution in [3.8, 4) is 0 Å². The van der Waals surface area contributed by atoms with Gasteiger partial charge in [0.2, 0.25) is 0 Å². The number of anilines is 2. The highest BCUT2D eigenvalue weighted by atomic mass is 32.1. The molecule has 1 saturated heterocycles. The van der Waals surface area contributed by atoms with Gasteiger partial charge >= 0.3 is 0 Å². The number of thiazole rings is 1. The molecule has 2 aliphatic rings. The van der Waals surface area contributed by atoms with Crippen molar-refractivity contribution in [2.24, 2.45) is 0 Å². The third-order valence-corrected chi connectivity index (χ3v) is 7.61. The fourth-order valence-corrected chi connectivity index (χ4v) is 5.80. The monoisotopic (exact) mass is 464 g/mol. The molecule has 0 radical (unpaired) electrons. The van der Waals surface area contributed by atoms with Crippen LogP contribution in [0.2, 0.25) is 0 Å². The molecule has 2 atom stereocenters. The summed E-state index contributed by atoms with van der Waals surface area (Å²) >= 11 is 1.65. The van der Waals surface area contributed by atoms with Gasteiger partial charge in [-0.2, -0.15) is 0 Å². The van der Waals surface area contributed by atoms with Gasteiger partial charge in [-0.1, -0.05) is 30.2 Å². The molecule has 2 N–H and O–H groups in total. The molecule has 3 aromatic heterocycles. The van der Waals surface area contributed by atoms with Crippen molar-refractivity contribution < 1.29 is 9.84 Å². The quantitative estimate of drug-likeness (QED) is 0.466. The molecule has 8 nitrogen and oxygen atoms in total. The SMILES string of the molecule is O[C@@H]1CCCC[C@H]1Nc1nc2ccc(Cn3cnc4cc(N5CCOCC5)cnc43)cc2s1. The summed E-state index contributed by atoms with van der Waals surface area (Å²) in [7, 11) is 0. The van der Waals surface area contributed by atoms with Crippen LogP contribution in [-0.2, 0) is 11.3 Å². The lowest BCUT2D eigenvalue weighted by molar-refractivity contribution is 0.116. The first-order valence-corrected chi connectivity index (χ1v) is 12.5. The van der Waals surface area contributed by atoms with Crippen molar-refractivity contribution in [2.45, 2.75) is 44.4 Å². The van der Waals surface area contributed by atoms with E-state index in [1.54, 1.807) is 11.3 Å². The summed E-state index contributed by atoms with van der Waals surface area (Å²) in [6, 6.07) is 8.61. The lowest BCUT2D eigenvalue weighted by Crippen LogP contribution is -2.36. The van der Waals surface area contributed by atoms with Gasteiger partial charge in [-0.05, 0) is 36.6 Å². The predicted molar refractivity (Wildman–Crippen MR) is 131 cm³/mol. The van der Waals surface area contributed by atoms with Crippen LogP contribution in [-0.4, -0.2) is 63.1 Å². The zero-order valence-electron chi connectivity index (χ0n) is 18.5. The van der Waals surface area contributed by atoms with E-state index in [9.17, 15) is 5.11 Å². The van der Waals surface area contributed by atoms with E-state index in [-0.39, 0.29) is 12.1 Å². The molecule has 1 aromatic carbocycles. The number of hydrogen-bond acceptors (Lipinski definition) is 8. The van der Waals surface area contributed by atoms with E-state index in [0.29, 0.717) is 6.54 Å². The highest BCUT2D eigenvalue weighted by Gasteiger charge is 2.23. The van der Waals surface area contributed by atoms with Crippen LogP contribution in [0.15, 0.2) is 36.8 Å². The van der Waals surface area contributed by atoms with Crippen molar-refractivity contribution in [1.29, 1.82) is 0 Å². The Morgan fingerprint density at radius 2 is 1.97 bits per heavy atom. The summed E-state index contributed by atoms with van der Waals surface area (Å²) < 4.78 is 8.69. The highest BCUT2D eigenvalue weighted by Crippen LogP contribution is 2.30. The van der Waals surface area contributed by atoms with Crippen molar-refractivity contribution in [3.05, 3.63) is 42.4 Å². The lowest BCUT2D eigenvalue weighted by atomic mass is 9.93. The number of benzene rings is 1. The Balaban J connectivity index is 1.20. The van der Waals surface area contributed by atoms with Gasteiger partial charge in [-0.3, -0.25) is 0 Å². The maximum Gasteiger partial charge on any atom is 0.184 e. The van der Waals surface area contributed by atoms with E-state index in [1.165, 1.54) is 5.56 Å². The number of fused-ring (bicyclic) bond motifs is 2. The molecule has 0 spiro atoms. The first-order chi connectivity index (χ1) is 16.2. The van der Waals surface area contributed by atoms with Gasteiger partial charge < -0.3 is 24.6 Å². The van der Waals surface area contributed by atoms with E-state index in [4.69, 9.17) is 14.7 Å². The van der Waals surface area contributed by atoms with Gasteiger partial charge in [0, 0.05) is 13.1 Å². The number of pyridine rings is 1. The van der Waals surface area contributed by atoms with Gasteiger partial charge in [-0.25, -0.2) is 15.0 Å². The first-order valence-electron chi connectivity index (χ1n) is 11.7. The van der Waals surface area contributed by atoms with Crippen LogP contribution in [0.1, 0.15) is 31.2 Å². The number of rotatable bonds is 5. The lowest BCUT2D eigenvalue weighted by Gasteiger charge is -2.28. The first kappa shape index (κ1) is 20.8. The number of nitrogens with zero attached hydrogens (tertiary/aromatic N) is 5. The number of ether oxygens (including phenoxy) is 1. The zero-order valence-corrected chi connectivity index (χ0v) is 19.3. The van der Waals surface area contributed by atoms with Crippen molar-refractivity contribution in [1.82, 2.24) is 19.5 Å². The summed E-state index contributed by atoms with van der Waals surface area (Å²) in [6.07, 6.45) is 7.65. The molecule has 6 rings (SSSR count). The fourth-order valence-electron chi connectivity index (χ4n) is 4.81. The summed E-state index contributed by atoms with van der Waals surface area (Å²) in [6.45, 7) is 3.99. The van der Waals surface area contributed by atoms with Gasteiger partial charge in [0.05, 0.1) is 60.3 Å². The van der Waals surface area contributed by atoms with E-state index in [2.05, 4.69) is 44.0 Å². The molecule has 0 bridgehead atoms. The Labute approximate surface area is 196 Å². The third kappa shape index (κ3) is 4.28. The normalized spacial score (nSPS) is 21.7. The molecule has 1 aliphatic heterocycles. The second-order valence-electron chi connectivity index (χ2n) is 8.93. The number of aliphatic hydroxyl groups excluding tert-OH is 1. The van der Waals surface area contributed by atoms with Crippen LogP contribution >= 0.6 is 11.3 Å². The standard InChI is InChI=1S/C24H28N6O2S/c31-21-4-2-1-3-18(21)27-24-28-19-6-5-16(11-22(19)33-24)14-30-15-26-20-12-17(13-25-23(20)30)29-7-9-32-10-8-29/h5-6,11-13,15,18,21,31H,1-4,7-10,14H2,(H,27,28)/t18-,21-/m1/s1. The number of aliphatic hydroxyl groups is 1. The van der Waals surface area contributed by atoms with Gasteiger partial charge in [0.15, 0.2) is 10.8 Å². The summed E-state index contributed by atoms with van der Waals surface area (Å²) in [5.41, 5.74) is 5.08. The third-order valence-electron chi connectivity index (χ3n) is 6.66. The summed E-state index contributed by atoms with van der Waals surface area (Å²) in [4.78, 5) is 16.4. The van der Waals surface area contributed by atoms with E-state index < -0.39 is 0 Å².